The lowest BCUT2D eigenvalue weighted by atomic mass is 10.1. The first-order valence-corrected chi connectivity index (χ1v) is 8.41. The zero-order valence-electron chi connectivity index (χ0n) is 14.4. The summed E-state index contributed by atoms with van der Waals surface area (Å²) < 4.78 is 0. The van der Waals surface area contributed by atoms with Crippen LogP contribution in [0.25, 0.3) is 0 Å². The Bertz CT molecular complexity index is 757. The van der Waals surface area contributed by atoms with E-state index in [-0.39, 0.29) is 5.91 Å². The van der Waals surface area contributed by atoms with Crippen molar-refractivity contribution in [3.05, 3.63) is 107 Å². The fourth-order valence-corrected chi connectivity index (χ4v) is 2.66. The summed E-state index contributed by atoms with van der Waals surface area (Å²) in [7, 11) is 0. The molecule has 0 fully saturated rings. The Morgan fingerprint density at radius 1 is 0.760 bits per heavy atom. The summed E-state index contributed by atoms with van der Waals surface area (Å²) in [6.45, 7) is 3.31. The Labute approximate surface area is 148 Å². The van der Waals surface area contributed by atoms with E-state index < -0.39 is 0 Å². The average molecular weight is 330 g/mol. The van der Waals surface area contributed by atoms with Crippen LogP contribution >= 0.6 is 0 Å². The van der Waals surface area contributed by atoms with E-state index in [1.54, 1.807) is 0 Å². The van der Waals surface area contributed by atoms with Crippen LogP contribution in [0.1, 0.15) is 27.0 Å². The topological polar surface area (TPSA) is 32.3 Å². The maximum Gasteiger partial charge on any atom is 0.265 e. The third kappa shape index (κ3) is 5.03. The van der Waals surface area contributed by atoms with E-state index in [4.69, 9.17) is 0 Å². The molecule has 1 amide bonds. The van der Waals surface area contributed by atoms with Gasteiger partial charge in [0.25, 0.3) is 5.91 Å². The Morgan fingerprint density at radius 3 is 1.72 bits per heavy atom. The molecular weight excluding hydrogens is 308 g/mol. The fraction of sp³-hybridized carbons (Fsp3) is 0.136. The van der Waals surface area contributed by atoms with Gasteiger partial charge in [-0.1, -0.05) is 78.4 Å². The van der Waals surface area contributed by atoms with Gasteiger partial charge in [-0.3, -0.25) is 10.2 Å². The third-order valence-electron chi connectivity index (χ3n) is 4.01. The second-order valence-corrected chi connectivity index (χ2v) is 6.13. The minimum Gasteiger partial charge on any atom is -0.284 e. The van der Waals surface area contributed by atoms with Gasteiger partial charge in [-0.15, -0.1) is 0 Å². The molecule has 1 N–H and O–H groups in total. The number of carbonyl (C=O) groups is 1. The number of rotatable bonds is 6. The van der Waals surface area contributed by atoms with Gasteiger partial charge in [0.2, 0.25) is 0 Å². The van der Waals surface area contributed by atoms with Crippen molar-refractivity contribution in [2.75, 3.05) is 0 Å². The number of hydrogen-bond acceptors (Lipinski definition) is 2. The molecule has 3 aromatic rings. The van der Waals surface area contributed by atoms with Crippen LogP contribution < -0.4 is 5.43 Å². The number of aryl methyl sites for hydroxylation is 1. The average Bonchev–Trinajstić information content (AvgIpc) is 2.64. The van der Waals surface area contributed by atoms with Crippen LogP contribution in [-0.2, 0) is 13.1 Å². The quantitative estimate of drug-likeness (QED) is 0.682. The second-order valence-electron chi connectivity index (χ2n) is 6.13. The van der Waals surface area contributed by atoms with Crippen molar-refractivity contribution >= 4 is 5.91 Å². The number of benzene rings is 3. The predicted octanol–water partition coefficient (Wildman–Crippen LogP) is 4.34. The first-order chi connectivity index (χ1) is 12.2. The van der Waals surface area contributed by atoms with Crippen LogP contribution in [-0.4, -0.2) is 10.9 Å². The predicted molar refractivity (Wildman–Crippen MR) is 101 cm³/mol. The van der Waals surface area contributed by atoms with Crippen molar-refractivity contribution in [1.82, 2.24) is 10.4 Å². The SMILES string of the molecule is Cc1ccc(C(=O)NN(Cc2ccccc2)Cc2ccccc2)cc1. The molecule has 0 saturated carbocycles. The van der Waals surface area contributed by atoms with Crippen LogP contribution in [0.4, 0.5) is 0 Å². The van der Waals surface area contributed by atoms with Crippen molar-refractivity contribution in [3.8, 4) is 0 Å². The summed E-state index contributed by atoms with van der Waals surface area (Å²) in [6.07, 6.45) is 0. The summed E-state index contributed by atoms with van der Waals surface area (Å²) in [5, 5.41) is 1.95. The van der Waals surface area contributed by atoms with Gasteiger partial charge in [-0.05, 0) is 30.2 Å². The van der Waals surface area contributed by atoms with Crippen LogP contribution in [0.15, 0.2) is 84.9 Å². The molecule has 126 valence electrons. The summed E-state index contributed by atoms with van der Waals surface area (Å²) in [5.74, 6) is -0.0909. The number of nitrogens with zero attached hydrogens (tertiary/aromatic N) is 1. The molecule has 0 unspecified atom stereocenters. The molecule has 0 heterocycles. The molecule has 0 aromatic heterocycles. The Morgan fingerprint density at radius 2 is 1.24 bits per heavy atom. The number of hydrogen-bond donors (Lipinski definition) is 1. The highest BCUT2D eigenvalue weighted by Crippen LogP contribution is 2.10. The van der Waals surface area contributed by atoms with E-state index in [9.17, 15) is 4.79 Å². The zero-order valence-corrected chi connectivity index (χ0v) is 14.4. The van der Waals surface area contributed by atoms with E-state index in [0.29, 0.717) is 18.7 Å². The molecule has 0 bridgehead atoms. The maximum atomic E-state index is 12.6. The van der Waals surface area contributed by atoms with Crippen LogP contribution in [0.2, 0.25) is 0 Å². The van der Waals surface area contributed by atoms with Crippen LogP contribution in [0.5, 0.6) is 0 Å². The highest BCUT2D eigenvalue weighted by Gasteiger charge is 2.12. The third-order valence-corrected chi connectivity index (χ3v) is 4.01. The Balaban J connectivity index is 1.75. The highest BCUT2D eigenvalue weighted by atomic mass is 16.2. The Hall–Kier alpha value is -2.91. The van der Waals surface area contributed by atoms with E-state index >= 15 is 0 Å². The summed E-state index contributed by atoms with van der Waals surface area (Å²) in [5.41, 5.74) is 7.16. The molecule has 0 radical (unpaired) electrons. The molecule has 0 aliphatic heterocycles. The van der Waals surface area contributed by atoms with Gasteiger partial charge < -0.3 is 0 Å². The van der Waals surface area contributed by atoms with Crippen molar-refractivity contribution < 1.29 is 4.79 Å². The number of nitrogens with one attached hydrogen (secondary N) is 1. The highest BCUT2D eigenvalue weighted by molar-refractivity contribution is 5.93. The first kappa shape index (κ1) is 16.9. The molecule has 3 aromatic carbocycles. The molecule has 0 aliphatic carbocycles. The largest absolute Gasteiger partial charge is 0.284 e. The van der Waals surface area contributed by atoms with E-state index in [2.05, 4.69) is 29.7 Å². The zero-order chi connectivity index (χ0) is 17.5. The van der Waals surface area contributed by atoms with Crippen molar-refractivity contribution in [3.63, 3.8) is 0 Å². The normalized spacial score (nSPS) is 10.6. The molecule has 0 atom stereocenters. The molecule has 0 spiro atoms. The number of hydrazine groups is 1. The molecule has 3 nitrogen and oxygen atoms in total. The second kappa shape index (κ2) is 8.27. The maximum absolute atomic E-state index is 12.6. The minimum absolute atomic E-state index is 0.0909. The van der Waals surface area contributed by atoms with Gasteiger partial charge >= 0.3 is 0 Å². The molecular formula is C22H22N2O. The standard InChI is InChI=1S/C22H22N2O/c1-18-12-14-21(15-13-18)22(25)23-24(16-19-8-4-2-5-9-19)17-20-10-6-3-7-11-20/h2-15H,16-17H2,1H3,(H,23,25). The van der Waals surface area contributed by atoms with Crippen molar-refractivity contribution in [1.29, 1.82) is 0 Å². The van der Waals surface area contributed by atoms with Crippen LogP contribution in [0, 0.1) is 6.92 Å². The van der Waals surface area contributed by atoms with Gasteiger partial charge in [0.15, 0.2) is 0 Å². The lowest BCUT2D eigenvalue weighted by Gasteiger charge is -2.23. The minimum atomic E-state index is -0.0909. The van der Waals surface area contributed by atoms with Gasteiger partial charge in [0.05, 0.1) is 0 Å². The van der Waals surface area contributed by atoms with Crippen LogP contribution in [0.3, 0.4) is 0 Å². The van der Waals surface area contributed by atoms with E-state index in [1.807, 2.05) is 72.6 Å². The summed E-state index contributed by atoms with van der Waals surface area (Å²) >= 11 is 0. The lowest BCUT2D eigenvalue weighted by molar-refractivity contribution is 0.0759. The molecule has 3 heteroatoms. The lowest BCUT2D eigenvalue weighted by Crippen LogP contribution is -2.41. The number of carbonyl (C=O) groups excluding carboxylic acids is 1. The van der Waals surface area contributed by atoms with E-state index in [1.165, 1.54) is 0 Å². The molecule has 0 saturated heterocycles. The fourth-order valence-electron chi connectivity index (χ4n) is 2.66. The smallest absolute Gasteiger partial charge is 0.265 e. The molecule has 0 aliphatic rings. The monoisotopic (exact) mass is 330 g/mol. The number of amides is 1. The van der Waals surface area contributed by atoms with E-state index in [0.717, 1.165) is 16.7 Å². The van der Waals surface area contributed by atoms with Gasteiger partial charge in [-0.2, -0.15) is 0 Å². The molecule has 25 heavy (non-hydrogen) atoms. The molecule has 3 rings (SSSR count). The summed E-state index contributed by atoms with van der Waals surface area (Å²) in [6, 6.07) is 27.9. The first-order valence-electron chi connectivity index (χ1n) is 8.41. The van der Waals surface area contributed by atoms with Crippen molar-refractivity contribution in [2.45, 2.75) is 20.0 Å². The summed E-state index contributed by atoms with van der Waals surface area (Å²) in [4.78, 5) is 12.6. The van der Waals surface area contributed by atoms with Gasteiger partial charge in [-0.25, -0.2) is 5.01 Å². The Kier molecular flexibility index (Phi) is 5.60. The van der Waals surface area contributed by atoms with Gasteiger partial charge in [0, 0.05) is 18.7 Å². The van der Waals surface area contributed by atoms with Gasteiger partial charge in [0.1, 0.15) is 0 Å². The van der Waals surface area contributed by atoms with Crippen molar-refractivity contribution in [2.24, 2.45) is 0 Å².